The van der Waals surface area contributed by atoms with E-state index < -0.39 is 0 Å². The van der Waals surface area contributed by atoms with E-state index in [-0.39, 0.29) is 16.2 Å². The third-order valence-electron chi connectivity index (χ3n) is 8.57. The molecule has 1 heterocycles. The van der Waals surface area contributed by atoms with Crippen LogP contribution in [0.5, 0.6) is 0 Å². The van der Waals surface area contributed by atoms with E-state index in [1.165, 1.54) is 45.0 Å². The van der Waals surface area contributed by atoms with Crippen LogP contribution in [0.3, 0.4) is 0 Å². The minimum atomic E-state index is 0.0965. The molecule has 0 N–H and O–H groups in total. The van der Waals surface area contributed by atoms with Crippen LogP contribution in [0.2, 0.25) is 0 Å². The van der Waals surface area contributed by atoms with Gasteiger partial charge in [-0.15, -0.1) is 0 Å². The fourth-order valence-electron chi connectivity index (χ4n) is 5.32. The number of fused-ring (bicyclic) bond motifs is 1. The maximum atomic E-state index is 4.37. The molecule has 1 heteroatoms. The van der Waals surface area contributed by atoms with Gasteiger partial charge in [0.25, 0.3) is 0 Å². The van der Waals surface area contributed by atoms with E-state index in [0.717, 1.165) is 0 Å². The minimum Gasteiger partial charge on any atom is -0.254 e. The SMILES string of the molecule is C=[N+]1C=C(c2ccccc2)C(C)=C[C-]1c1cc2c(cc1C)C(C)(C)C(C)(C)C2(C)C. The Morgan fingerprint density at radius 3 is 2.00 bits per heavy atom. The van der Waals surface area contributed by atoms with E-state index >= 15 is 0 Å². The third kappa shape index (κ3) is 2.68. The Balaban J connectivity index is 1.81. The Morgan fingerprint density at radius 2 is 1.40 bits per heavy atom. The smallest absolute Gasteiger partial charge is 0.147 e. The van der Waals surface area contributed by atoms with Gasteiger partial charge in [-0.2, -0.15) is 0 Å². The molecule has 0 amide bonds. The first-order chi connectivity index (χ1) is 13.9. The molecule has 0 spiro atoms. The molecule has 2 aliphatic rings. The van der Waals surface area contributed by atoms with Crippen molar-refractivity contribution in [3.8, 4) is 0 Å². The summed E-state index contributed by atoms with van der Waals surface area (Å²) < 4.78 is 2.04. The largest absolute Gasteiger partial charge is 0.254 e. The fraction of sp³-hybridized carbons (Fsp3) is 0.379. The summed E-state index contributed by atoms with van der Waals surface area (Å²) in [7, 11) is 0. The molecule has 0 saturated heterocycles. The molecule has 0 unspecified atom stereocenters. The molecule has 0 fully saturated rings. The van der Waals surface area contributed by atoms with Gasteiger partial charge in [0, 0.05) is 0 Å². The molecule has 30 heavy (non-hydrogen) atoms. The molecule has 2 aromatic rings. The summed E-state index contributed by atoms with van der Waals surface area (Å²) in [4.78, 5) is 0. The lowest BCUT2D eigenvalue weighted by Gasteiger charge is -2.45. The van der Waals surface area contributed by atoms with Crippen molar-refractivity contribution < 1.29 is 4.58 Å². The zero-order chi connectivity index (χ0) is 22.1. The van der Waals surface area contributed by atoms with Crippen LogP contribution in [0.1, 0.15) is 76.3 Å². The van der Waals surface area contributed by atoms with Gasteiger partial charge in [-0.1, -0.05) is 120 Å². The van der Waals surface area contributed by atoms with E-state index in [2.05, 4.69) is 117 Å². The molecule has 2 aromatic carbocycles. The average Bonchev–Trinajstić information content (AvgIpc) is 2.78. The second-order valence-corrected chi connectivity index (χ2v) is 10.7. The van der Waals surface area contributed by atoms with Crippen molar-refractivity contribution >= 4 is 12.3 Å². The van der Waals surface area contributed by atoms with Gasteiger partial charge in [0.1, 0.15) is 12.2 Å². The van der Waals surface area contributed by atoms with Gasteiger partial charge >= 0.3 is 0 Å². The minimum absolute atomic E-state index is 0.0965. The predicted molar refractivity (Wildman–Crippen MR) is 129 cm³/mol. The highest BCUT2D eigenvalue weighted by Crippen LogP contribution is 2.62. The number of allylic oxidation sites excluding steroid dienone is 2. The molecule has 0 aromatic heterocycles. The van der Waals surface area contributed by atoms with Crippen LogP contribution >= 0.6 is 0 Å². The summed E-state index contributed by atoms with van der Waals surface area (Å²) in [5, 5.41) is 0. The van der Waals surface area contributed by atoms with Crippen LogP contribution in [0.4, 0.5) is 0 Å². The van der Waals surface area contributed by atoms with Crippen LogP contribution in [-0.2, 0) is 10.8 Å². The normalized spacial score (nSPS) is 21.2. The summed E-state index contributed by atoms with van der Waals surface area (Å²) >= 11 is 0. The van der Waals surface area contributed by atoms with Crippen molar-refractivity contribution in [2.75, 3.05) is 0 Å². The Labute approximate surface area is 182 Å². The Hall–Kier alpha value is -2.54. The summed E-state index contributed by atoms with van der Waals surface area (Å²) in [6.07, 6.45) is 4.47. The first-order valence-electron chi connectivity index (χ1n) is 11.0. The molecule has 1 aliphatic carbocycles. The number of nitrogens with zero attached hydrogens (tertiary/aromatic N) is 1. The molecule has 4 rings (SSSR count). The van der Waals surface area contributed by atoms with Crippen molar-refractivity contribution in [1.29, 1.82) is 0 Å². The van der Waals surface area contributed by atoms with Crippen LogP contribution < -0.4 is 0 Å². The van der Waals surface area contributed by atoms with Crippen LogP contribution in [-0.4, -0.2) is 11.3 Å². The van der Waals surface area contributed by atoms with Gasteiger partial charge in [-0.25, -0.2) is 0 Å². The molecule has 0 saturated carbocycles. The standard InChI is InChI=1S/C29H35N/c1-19-15-24-25(28(5,6)29(7,8)27(24,3)4)17-22(19)26-16-20(2)23(18-30(26)9)21-13-11-10-12-14-21/h10-18H,9H2,1-8H3. The number of benzene rings is 2. The highest BCUT2D eigenvalue weighted by molar-refractivity contribution is 5.79. The molecule has 1 nitrogen and oxygen atoms in total. The van der Waals surface area contributed by atoms with Crippen LogP contribution in [0.15, 0.2) is 60.3 Å². The average molecular weight is 398 g/mol. The van der Waals surface area contributed by atoms with Gasteiger partial charge in [0.2, 0.25) is 0 Å². The zero-order valence-corrected chi connectivity index (χ0v) is 19.9. The summed E-state index contributed by atoms with van der Waals surface area (Å²) in [6, 6.07) is 16.6. The number of hydrogen-bond donors (Lipinski definition) is 0. The maximum absolute atomic E-state index is 4.37. The Morgan fingerprint density at radius 1 is 0.833 bits per heavy atom. The molecule has 0 radical (unpaired) electrons. The second-order valence-electron chi connectivity index (χ2n) is 10.7. The van der Waals surface area contributed by atoms with Crippen molar-refractivity contribution in [1.82, 2.24) is 0 Å². The van der Waals surface area contributed by atoms with Crippen molar-refractivity contribution in [3.63, 3.8) is 0 Å². The van der Waals surface area contributed by atoms with E-state index in [9.17, 15) is 0 Å². The highest BCUT2D eigenvalue weighted by atomic mass is 15.0. The molecule has 0 atom stereocenters. The van der Waals surface area contributed by atoms with E-state index in [1.54, 1.807) is 0 Å². The summed E-state index contributed by atoms with van der Waals surface area (Å²) in [5.74, 6) is 0. The maximum Gasteiger partial charge on any atom is 0.147 e. The first-order valence-corrected chi connectivity index (χ1v) is 11.0. The van der Waals surface area contributed by atoms with E-state index in [0.29, 0.717) is 0 Å². The van der Waals surface area contributed by atoms with Crippen molar-refractivity contribution in [2.24, 2.45) is 5.41 Å². The third-order valence-corrected chi connectivity index (χ3v) is 8.57. The van der Waals surface area contributed by atoms with E-state index in [4.69, 9.17) is 0 Å². The first kappa shape index (κ1) is 20.7. The van der Waals surface area contributed by atoms with Gasteiger partial charge in [0.05, 0.1) is 6.72 Å². The predicted octanol–water partition coefficient (Wildman–Crippen LogP) is 7.18. The van der Waals surface area contributed by atoms with Gasteiger partial charge in [-0.05, 0) is 39.0 Å². The van der Waals surface area contributed by atoms with Gasteiger partial charge < -0.3 is 0 Å². The molecular formula is C29H35N. The molecular weight excluding hydrogens is 362 g/mol. The molecule has 0 bridgehead atoms. The highest BCUT2D eigenvalue weighted by Gasteiger charge is 2.56. The lowest BCUT2D eigenvalue weighted by molar-refractivity contribution is -0.417. The molecule has 1 aliphatic heterocycles. The van der Waals surface area contributed by atoms with Crippen LogP contribution in [0, 0.1) is 18.4 Å². The van der Waals surface area contributed by atoms with Crippen molar-refractivity contribution in [2.45, 2.75) is 66.2 Å². The lowest BCUT2D eigenvalue weighted by atomic mass is 9.59. The Bertz CT molecular complexity index is 1090. The second kappa shape index (κ2) is 6.48. The zero-order valence-electron chi connectivity index (χ0n) is 19.9. The van der Waals surface area contributed by atoms with Crippen LogP contribution in [0.25, 0.3) is 5.57 Å². The lowest BCUT2D eigenvalue weighted by Crippen LogP contribution is -2.42. The Kier molecular flexibility index (Phi) is 4.47. The molecule has 156 valence electrons. The number of hydrogen-bond acceptors (Lipinski definition) is 0. The number of rotatable bonds is 2. The summed E-state index contributed by atoms with van der Waals surface area (Å²) in [6.45, 7) is 23.3. The van der Waals surface area contributed by atoms with E-state index in [1.807, 2.05) is 4.58 Å². The van der Waals surface area contributed by atoms with Gasteiger partial charge in [-0.3, -0.25) is 4.58 Å². The van der Waals surface area contributed by atoms with Crippen molar-refractivity contribution in [3.05, 3.63) is 94.2 Å². The quantitative estimate of drug-likeness (QED) is 0.373. The summed E-state index contributed by atoms with van der Waals surface area (Å²) in [5.41, 5.74) is 9.70. The monoisotopic (exact) mass is 397 g/mol. The topological polar surface area (TPSA) is 3.01 Å². The fourth-order valence-corrected chi connectivity index (χ4v) is 5.32. The van der Waals surface area contributed by atoms with Gasteiger partial charge in [0.15, 0.2) is 0 Å². The number of aryl methyl sites for hydroxylation is 1.